The van der Waals surface area contributed by atoms with Gasteiger partial charge < -0.3 is 19.5 Å². The van der Waals surface area contributed by atoms with E-state index >= 15 is 0 Å². The Kier molecular flexibility index (Phi) is 6.07. The SMILES string of the molecule is O=C(NC1CCCCCC1)c1ccnc(N2CCN(C(=O)c3ccco3)CC2)n1. The summed E-state index contributed by atoms with van der Waals surface area (Å²) in [5.41, 5.74) is 0.397. The number of aromatic nitrogens is 2. The minimum atomic E-state index is -0.132. The van der Waals surface area contributed by atoms with E-state index < -0.39 is 0 Å². The standard InChI is InChI=1S/C21H27N5O3/c27-19(23-16-6-3-1-2-4-7-16)17-9-10-22-21(24-17)26-13-11-25(12-14-26)20(28)18-8-5-15-29-18/h5,8-10,15-16H,1-4,6-7,11-14H2,(H,23,27). The van der Waals surface area contributed by atoms with Crippen molar-refractivity contribution >= 4 is 17.8 Å². The van der Waals surface area contributed by atoms with E-state index in [2.05, 4.69) is 15.3 Å². The van der Waals surface area contributed by atoms with E-state index in [1.165, 1.54) is 31.9 Å². The molecule has 1 aliphatic carbocycles. The molecular formula is C21H27N5O3. The van der Waals surface area contributed by atoms with Crippen molar-refractivity contribution in [3.63, 3.8) is 0 Å². The van der Waals surface area contributed by atoms with Crippen LogP contribution in [-0.4, -0.2) is 58.9 Å². The Hall–Kier alpha value is -2.90. The van der Waals surface area contributed by atoms with E-state index in [1.54, 1.807) is 29.3 Å². The molecule has 29 heavy (non-hydrogen) atoms. The van der Waals surface area contributed by atoms with Crippen LogP contribution in [0.5, 0.6) is 0 Å². The van der Waals surface area contributed by atoms with Crippen LogP contribution in [0, 0.1) is 0 Å². The molecule has 4 rings (SSSR count). The highest BCUT2D eigenvalue weighted by Gasteiger charge is 2.25. The van der Waals surface area contributed by atoms with Gasteiger partial charge in [0.15, 0.2) is 5.76 Å². The highest BCUT2D eigenvalue weighted by Crippen LogP contribution is 2.18. The maximum absolute atomic E-state index is 12.6. The number of piperazine rings is 1. The normalized spacial score (nSPS) is 18.3. The second-order valence-corrected chi connectivity index (χ2v) is 7.66. The van der Waals surface area contributed by atoms with E-state index in [0.29, 0.717) is 43.6 Å². The zero-order valence-electron chi connectivity index (χ0n) is 16.5. The summed E-state index contributed by atoms with van der Waals surface area (Å²) in [6, 6.07) is 5.28. The van der Waals surface area contributed by atoms with Crippen molar-refractivity contribution in [1.29, 1.82) is 0 Å². The van der Waals surface area contributed by atoms with E-state index in [9.17, 15) is 9.59 Å². The second-order valence-electron chi connectivity index (χ2n) is 7.66. The van der Waals surface area contributed by atoms with Gasteiger partial charge in [-0.15, -0.1) is 0 Å². The predicted molar refractivity (Wildman–Crippen MR) is 108 cm³/mol. The molecule has 0 spiro atoms. The quantitative estimate of drug-likeness (QED) is 0.797. The lowest BCUT2D eigenvalue weighted by molar-refractivity contribution is 0.0714. The number of furan rings is 1. The number of nitrogens with zero attached hydrogens (tertiary/aromatic N) is 4. The predicted octanol–water partition coefficient (Wildman–Crippen LogP) is 2.48. The molecule has 1 N–H and O–H groups in total. The Bertz CT molecular complexity index is 823. The van der Waals surface area contributed by atoms with Crippen LogP contribution in [0.3, 0.4) is 0 Å². The zero-order valence-corrected chi connectivity index (χ0v) is 16.5. The largest absolute Gasteiger partial charge is 0.459 e. The fourth-order valence-corrected chi connectivity index (χ4v) is 3.98. The molecule has 0 unspecified atom stereocenters. The summed E-state index contributed by atoms with van der Waals surface area (Å²) < 4.78 is 5.20. The average molecular weight is 397 g/mol. The Morgan fingerprint density at radius 2 is 1.79 bits per heavy atom. The third-order valence-electron chi connectivity index (χ3n) is 5.65. The van der Waals surface area contributed by atoms with Crippen LogP contribution in [0.1, 0.15) is 59.6 Å². The number of amides is 2. The molecule has 2 amide bonds. The first-order valence-corrected chi connectivity index (χ1v) is 10.4. The van der Waals surface area contributed by atoms with Crippen LogP contribution in [0.15, 0.2) is 35.1 Å². The van der Waals surface area contributed by atoms with Gasteiger partial charge in [0, 0.05) is 38.4 Å². The summed E-state index contributed by atoms with van der Waals surface area (Å²) in [5, 5.41) is 3.13. The summed E-state index contributed by atoms with van der Waals surface area (Å²) in [6.45, 7) is 2.34. The van der Waals surface area contributed by atoms with Crippen LogP contribution >= 0.6 is 0 Å². The third kappa shape index (κ3) is 4.75. The molecule has 2 aliphatic rings. The fraction of sp³-hybridized carbons (Fsp3) is 0.524. The van der Waals surface area contributed by atoms with Crippen molar-refractivity contribution in [2.75, 3.05) is 31.1 Å². The van der Waals surface area contributed by atoms with Crippen LogP contribution in [-0.2, 0) is 0 Å². The minimum absolute atomic E-state index is 0.105. The van der Waals surface area contributed by atoms with Crippen molar-refractivity contribution < 1.29 is 14.0 Å². The van der Waals surface area contributed by atoms with E-state index in [4.69, 9.17) is 4.42 Å². The molecule has 0 aromatic carbocycles. The summed E-state index contributed by atoms with van der Waals surface area (Å²) >= 11 is 0. The van der Waals surface area contributed by atoms with E-state index in [1.807, 2.05) is 4.90 Å². The van der Waals surface area contributed by atoms with Gasteiger partial charge in [0.05, 0.1) is 6.26 Å². The third-order valence-corrected chi connectivity index (χ3v) is 5.65. The molecule has 1 saturated carbocycles. The van der Waals surface area contributed by atoms with Crippen molar-refractivity contribution in [2.45, 2.75) is 44.6 Å². The summed E-state index contributed by atoms with van der Waals surface area (Å²) in [7, 11) is 0. The number of carbonyl (C=O) groups excluding carboxylic acids is 2. The molecule has 2 aromatic rings. The van der Waals surface area contributed by atoms with Gasteiger partial charge >= 0.3 is 0 Å². The molecule has 0 atom stereocenters. The van der Waals surface area contributed by atoms with Gasteiger partial charge in [-0.05, 0) is 31.0 Å². The van der Waals surface area contributed by atoms with Crippen LogP contribution in [0.25, 0.3) is 0 Å². The van der Waals surface area contributed by atoms with Gasteiger partial charge in [-0.2, -0.15) is 0 Å². The van der Waals surface area contributed by atoms with Crippen molar-refractivity contribution in [2.24, 2.45) is 0 Å². The first-order valence-electron chi connectivity index (χ1n) is 10.4. The fourth-order valence-electron chi connectivity index (χ4n) is 3.98. The Morgan fingerprint density at radius 1 is 1.03 bits per heavy atom. The van der Waals surface area contributed by atoms with Gasteiger partial charge in [-0.25, -0.2) is 9.97 Å². The lowest BCUT2D eigenvalue weighted by Crippen LogP contribution is -2.49. The number of carbonyl (C=O) groups is 2. The Labute approximate surface area is 170 Å². The van der Waals surface area contributed by atoms with Crippen LogP contribution in [0.4, 0.5) is 5.95 Å². The molecule has 8 heteroatoms. The van der Waals surface area contributed by atoms with Gasteiger partial charge in [-0.3, -0.25) is 9.59 Å². The van der Waals surface area contributed by atoms with E-state index in [0.717, 1.165) is 12.8 Å². The highest BCUT2D eigenvalue weighted by molar-refractivity contribution is 5.93. The Balaban J connectivity index is 1.35. The molecule has 2 fully saturated rings. The molecule has 1 saturated heterocycles. The molecular weight excluding hydrogens is 370 g/mol. The maximum atomic E-state index is 12.6. The smallest absolute Gasteiger partial charge is 0.289 e. The van der Waals surface area contributed by atoms with Crippen molar-refractivity contribution in [3.05, 3.63) is 42.1 Å². The van der Waals surface area contributed by atoms with Crippen LogP contribution < -0.4 is 10.2 Å². The van der Waals surface area contributed by atoms with Gasteiger partial charge in [0.25, 0.3) is 11.8 Å². The minimum Gasteiger partial charge on any atom is -0.459 e. The highest BCUT2D eigenvalue weighted by atomic mass is 16.3. The maximum Gasteiger partial charge on any atom is 0.289 e. The monoisotopic (exact) mass is 397 g/mol. The lowest BCUT2D eigenvalue weighted by atomic mass is 10.1. The molecule has 0 radical (unpaired) electrons. The van der Waals surface area contributed by atoms with Gasteiger partial charge in [-0.1, -0.05) is 25.7 Å². The van der Waals surface area contributed by atoms with E-state index in [-0.39, 0.29) is 17.9 Å². The number of nitrogens with one attached hydrogen (secondary N) is 1. The second kappa shape index (κ2) is 9.07. The molecule has 154 valence electrons. The molecule has 2 aromatic heterocycles. The first kappa shape index (κ1) is 19.4. The number of anilines is 1. The zero-order chi connectivity index (χ0) is 20.1. The molecule has 0 bridgehead atoms. The number of hydrogen-bond donors (Lipinski definition) is 1. The number of hydrogen-bond acceptors (Lipinski definition) is 6. The molecule has 3 heterocycles. The van der Waals surface area contributed by atoms with Crippen LogP contribution in [0.2, 0.25) is 0 Å². The molecule has 8 nitrogen and oxygen atoms in total. The first-order chi connectivity index (χ1) is 14.2. The van der Waals surface area contributed by atoms with Crippen molar-refractivity contribution in [3.8, 4) is 0 Å². The number of rotatable bonds is 4. The summed E-state index contributed by atoms with van der Waals surface area (Å²) in [6.07, 6.45) is 10.0. The summed E-state index contributed by atoms with van der Waals surface area (Å²) in [5.74, 6) is 0.648. The average Bonchev–Trinajstić information content (AvgIpc) is 3.19. The summed E-state index contributed by atoms with van der Waals surface area (Å²) in [4.78, 5) is 37.6. The Morgan fingerprint density at radius 3 is 2.48 bits per heavy atom. The van der Waals surface area contributed by atoms with Gasteiger partial charge in [0.1, 0.15) is 5.69 Å². The lowest BCUT2D eigenvalue weighted by Gasteiger charge is -2.34. The van der Waals surface area contributed by atoms with Gasteiger partial charge in [0.2, 0.25) is 5.95 Å². The van der Waals surface area contributed by atoms with Crippen molar-refractivity contribution in [1.82, 2.24) is 20.2 Å². The molecule has 1 aliphatic heterocycles. The topological polar surface area (TPSA) is 91.6 Å².